The summed E-state index contributed by atoms with van der Waals surface area (Å²) in [4.78, 5) is 26.5. The minimum Gasteiger partial charge on any atom is -0.489 e. The molecule has 2 aromatic rings. The smallest absolute Gasteiger partial charge is 0.225 e. The molecule has 1 aliphatic carbocycles. The van der Waals surface area contributed by atoms with E-state index in [0.717, 1.165) is 56.5 Å². The summed E-state index contributed by atoms with van der Waals surface area (Å²) >= 11 is 0. The predicted octanol–water partition coefficient (Wildman–Crippen LogP) is 3.57. The topological polar surface area (TPSA) is 58.6 Å². The third kappa shape index (κ3) is 5.62. The molecule has 2 aliphatic rings. The zero-order valence-electron chi connectivity index (χ0n) is 17.4. The molecule has 0 radical (unpaired) electrons. The van der Waals surface area contributed by atoms with Crippen LogP contribution in [0.4, 0.5) is 0 Å². The van der Waals surface area contributed by atoms with E-state index in [1.165, 1.54) is 5.56 Å². The molecule has 2 aromatic carbocycles. The third-order valence-corrected chi connectivity index (χ3v) is 5.99. The first-order valence-electron chi connectivity index (χ1n) is 11.0. The molecule has 0 atom stereocenters. The number of nitrogens with zero attached hydrogens (tertiary/aromatic N) is 1. The van der Waals surface area contributed by atoms with Crippen LogP contribution in [0.25, 0.3) is 0 Å². The highest BCUT2D eigenvalue weighted by atomic mass is 16.5. The maximum absolute atomic E-state index is 12.5. The number of nitrogens with one attached hydrogen (secondary N) is 1. The Balaban J connectivity index is 1.14. The molecule has 1 saturated heterocycles. The van der Waals surface area contributed by atoms with E-state index in [9.17, 15) is 9.59 Å². The molecule has 158 valence electrons. The summed E-state index contributed by atoms with van der Waals surface area (Å²) in [7, 11) is 0. The van der Waals surface area contributed by atoms with Gasteiger partial charge in [0.25, 0.3) is 0 Å². The Labute approximate surface area is 178 Å². The van der Waals surface area contributed by atoms with Gasteiger partial charge in [0.05, 0.1) is 0 Å². The number of hydrogen-bond donors (Lipinski definition) is 1. The minimum absolute atomic E-state index is 0.0296. The van der Waals surface area contributed by atoms with E-state index in [1.54, 1.807) is 0 Å². The van der Waals surface area contributed by atoms with Crippen molar-refractivity contribution < 1.29 is 14.3 Å². The average molecular weight is 407 g/mol. The Bertz CT molecular complexity index is 838. The van der Waals surface area contributed by atoms with Crippen molar-refractivity contribution >= 4 is 11.8 Å². The van der Waals surface area contributed by atoms with E-state index >= 15 is 0 Å². The molecule has 1 N–H and O–H groups in total. The Hall–Kier alpha value is -2.82. The molecular formula is C25H30N2O3. The molecule has 0 bridgehead atoms. The molecule has 0 unspecified atom stereocenters. The monoisotopic (exact) mass is 406 g/mol. The summed E-state index contributed by atoms with van der Waals surface area (Å²) in [6.45, 7) is 2.63. The molecule has 1 heterocycles. The van der Waals surface area contributed by atoms with Gasteiger partial charge in [-0.2, -0.15) is 0 Å². The minimum atomic E-state index is 0.0296. The fourth-order valence-corrected chi connectivity index (χ4v) is 3.92. The van der Waals surface area contributed by atoms with Crippen LogP contribution >= 0.6 is 0 Å². The van der Waals surface area contributed by atoms with Gasteiger partial charge in [-0.25, -0.2) is 0 Å². The van der Waals surface area contributed by atoms with Crippen LogP contribution in [-0.4, -0.2) is 36.3 Å². The molecule has 2 amide bonds. The lowest BCUT2D eigenvalue weighted by Gasteiger charge is -2.31. The van der Waals surface area contributed by atoms with Crippen LogP contribution in [-0.2, 0) is 22.6 Å². The van der Waals surface area contributed by atoms with Crippen molar-refractivity contribution in [1.82, 2.24) is 10.2 Å². The number of hydrogen-bond acceptors (Lipinski definition) is 3. The standard InChI is InChI=1S/C25H30N2O3/c28-24(21-13-16-27(17-14-21)25(29)22-8-9-22)26-15-12-19-6-10-23(11-7-19)30-18-20-4-2-1-3-5-20/h1-7,10-11,21-22H,8-9,12-18H2,(H,26,28). The maximum Gasteiger partial charge on any atom is 0.225 e. The van der Waals surface area contributed by atoms with Crippen LogP contribution in [0.2, 0.25) is 0 Å². The Morgan fingerprint density at radius 2 is 1.57 bits per heavy atom. The summed E-state index contributed by atoms with van der Waals surface area (Å²) in [5.74, 6) is 1.56. The van der Waals surface area contributed by atoms with Crippen molar-refractivity contribution in [2.24, 2.45) is 11.8 Å². The normalized spacial score (nSPS) is 16.9. The number of piperidine rings is 1. The van der Waals surface area contributed by atoms with Gasteiger partial charge in [0.1, 0.15) is 12.4 Å². The van der Waals surface area contributed by atoms with Gasteiger partial charge >= 0.3 is 0 Å². The number of ether oxygens (including phenoxy) is 1. The molecule has 0 spiro atoms. The number of benzene rings is 2. The highest BCUT2D eigenvalue weighted by Gasteiger charge is 2.35. The van der Waals surface area contributed by atoms with E-state index in [4.69, 9.17) is 4.74 Å². The van der Waals surface area contributed by atoms with E-state index < -0.39 is 0 Å². The van der Waals surface area contributed by atoms with Crippen molar-refractivity contribution in [3.63, 3.8) is 0 Å². The zero-order chi connectivity index (χ0) is 20.8. The van der Waals surface area contributed by atoms with Gasteiger partial charge < -0.3 is 15.0 Å². The largest absolute Gasteiger partial charge is 0.489 e. The second-order valence-electron chi connectivity index (χ2n) is 8.33. The Morgan fingerprint density at radius 3 is 2.23 bits per heavy atom. The fraction of sp³-hybridized carbons (Fsp3) is 0.440. The van der Waals surface area contributed by atoms with E-state index in [0.29, 0.717) is 19.1 Å². The highest BCUT2D eigenvalue weighted by molar-refractivity contribution is 5.82. The lowest BCUT2D eigenvalue weighted by Crippen LogP contribution is -2.43. The predicted molar refractivity (Wildman–Crippen MR) is 116 cm³/mol. The van der Waals surface area contributed by atoms with Crippen LogP contribution in [0, 0.1) is 11.8 Å². The first kappa shape index (κ1) is 20.5. The summed E-state index contributed by atoms with van der Waals surface area (Å²) < 4.78 is 5.82. The zero-order valence-corrected chi connectivity index (χ0v) is 17.4. The molecule has 4 rings (SSSR count). The van der Waals surface area contributed by atoms with Crippen LogP contribution < -0.4 is 10.1 Å². The number of rotatable bonds is 8. The van der Waals surface area contributed by atoms with Crippen molar-refractivity contribution in [3.05, 3.63) is 65.7 Å². The van der Waals surface area contributed by atoms with Crippen LogP contribution in [0.3, 0.4) is 0 Å². The fourth-order valence-electron chi connectivity index (χ4n) is 3.92. The van der Waals surface area contributed by atoms with Crippen molar-refractivity contribution in [2.75, 3.05) is 19.6 Å². The van der Waals surface area contributed by atoms with Crippen LogP contribution in [0.15, 0.2) is 54.6 Å². The first-order chi connectivity index (χ1) is 14.7. The Morgan fingerprint density at radius 1 is 0.867 bits per heavy atom. The van der Waals surface area contributed by atoms with Gasteiger partial charge in [-0.1, -0.05) is 42.5 Å². The van der Waals surface area contributed by atoms with Gasteiger partial charge in [0, 0.05) is 31.5 Å². The van der Waals surface area contributed by atoms with Gasteiger partial charge in [-0.05, 0) is 55.4 Å². The van der Waals surface area contributed by atoms with Crippen molar-refractivity contribution in [3.8, 4) is 5.75 Å². The second kappa shape index (κ2) is 9.79. The lowest BCUT2D eigenvalue weighted by atomic mass is 9.95. The molecule has 0 aromatic heterocycles. The molecule has 1 saturated carbocycles. The summed E-state index contributed by atoms with van der Waals surface area (Å²) in [5, 5.41) is 3.07. The van der Waals surface area contributed by atoms with Gasteiger partial charge in [0.15, 0.2) is 0 Å². The van der Waals surface area contributed by atoms with E-state index in [1.807, 2.05) is 47.4 Å². The van der Waals surface area contributed by atoms with Gasteiger partial charge in [-0.3, -0.25) is 9.59 Å². The second-order valence-corrected chi connectivity index (χ2v) is 8.33. The quantitative estimate of drug-likeness (QED) is 0.729. The molecule has 5 nitrogen and oxygen atoms in total. The molecule has 1 aliphatic heterocycles. The van der Waals surface area contributed by atoms with Gasteiger partial charge in [-0.15, -0.1) is 0 Å². The van der Waals surface area contributed by atoms with Crippen molar-refractivity contribution in [2.45, 2.75) is 38.7 Å². The SMILES string of the molecule is O=C(NCCc1ccc(OCc2ccccc2)cc1)C1CCN(C(=O)C2CC2)CC1. The van der Waals surface area contributed by atoms with Crippen LogP contribution in [0.5, 0.6) is 5.75 Å². The highest BCUT2D eigenvalue weighted by Crippen LogP contribution is 2.32. The average Bonchev–Trinajstić information content (AvgIpc) is 3.64. The molecule has 30 heavy (non-hydrogen) atoms. The first-order valence-corrected chi connectivity index (χ1v) is 11.0. The number of amides is 2. The van der Waals surface area contributed by atoms with Crippen molar-refractivity contribution in [1.29, 1.82) is 0 Å². The van der Waals surface area contributed by atoms with E-state index in [-0.39, 0.29) is 17.7 Å². The van der Waals surface area contributed by atoms with E-state index in [2.05, 4.69) is 17.4 Å². The number of carbonyl (C=O) groups is 2. The maximum atomic E-state index is 12.5. The number of likely N-dealkylation sites (tertiary alicyclic amines) is 1. The molecule has 5 heteroatoms. The van der Waals surface area contributed by atoms with Crippen LogP contribution in [0.1, 0.15) is 36.8 Å². The van der Waals surface area contributed by atoms with Gasteiger partial charge in [0.2, 0.25) is 11.8 Å². The summed E-state index contributed by atoms with van der Waals surface area (Å²) in [6.07, 6.45) is 4.43. The third-order valence-electron chi connectivity index (χ3n) is 5.99. The summed E-state index contributed by atoms with van der Waals surface area (Å²) in [6, 6.07) is 18.2. The molecule has 2 fully saturated rings. The number of carbonyl (C=O) groups excluding carboxylic acids is 2. The summed E-state index contributed by atoms with van der Waals surface area (Å²) in [5.41, 5.74) is 2.32. The Kier molecular flexibility index (Phi) is 6.67. The lowest BCUT2D eigenvalue weighted by molar-refractivity contribution is -0.136. The molecular weight excluding hydrogens is 376 g/mol.